The number of aromatic nitrogens is 2. The highest BCUT2D eigenvalue weighted by molar-refractivity contribution is 7.89. The molecule has 1 aliphatic rings. The average Bonchev–Trinajstić information content (AvgIpc) is 3.34. The number of carbonyl (C=O) groups is 1. The number of rotatable bonds is 8. The van der Waals surface area contributed by atoms with E-state index in [9.17, 15) is 13.2 Å². The van der Waals surface area contributed by atoms with Crippen LogP contribution in [-0.4, -0.2) is 47.3 Å². The second-order valence-corrected chi connectivity index (χ2v) is 11.0. The molecule has 7 nitrogen and oxygen atoms in total. The maximum Gasteiger partial charge on any atom is 0.225 e. The van der Waals surface area contributed by atoms with Crippen LogP contribution in [0.2, 0.25) is 0 Å². The van der Waals surface area contributed by atoms with Crippen molar-refractivity contribution in [2.24, 2.45) is 0 Å². The van der Waals surface area contributed by atoms with Crippen molar-refractivity contribution in [3.63, 3.8) is 0 Å². The van der Waals surface area contributed by atoms with E-state index in [-0.39, 0.29) is 23.5 Å². The summed E-state index contributed by atoms with van der Waals surface area (Å²) in [5.74, 6) is 0.429. The largest absolute Gasteiger partial charge is 0.311 e. The van der Waals surface area contributed by atoms with Gasteiger partial charge in [-0.25, -0.2) is 17.4 Å². The van der Waals surface area contributed by atoms with Gasteiger partial charge in [0.1, 0.15) is 5.82 Å². The molecule has 8 heteroatoms. The normalized spacial score (nSPS) is 15.4. The lowest BCUT2D eigenvalue weighted by Gasteiger charge is -2.19. The van der Waals surface area contributed by atoms with E-state index >= 15 is 0 Å². The minimum absolute atomic E-state index is 0.0137. The summed E-state index contributed by atoms with van der Waals surface area (Å²) < 4.78 is 27.8. The summed E-state index contributed by atoms with van der Waals surface area (Å²) in [5.41, 5.74) is 2.47. The lowest BCUT2D eigenvalue weighted by molar-refractivity contribution is -0.116. The van der Waals surface area contributed by atoms with Crippen molar-refractivity contribution in [2.75, 3.05) is 24.2 Å². The summed E-state index contributed by atoms with van der Waals surface area (Å²) in [6.45, 7) is 8.30. The van der Waals surface area contributed by atoms with Gasteiger partial charge in [0.25, 0.3) is 0 Å². The van der Waals surface area contributed by atoms with Crippen molar-refractivity contribution in [2.45, 2.75) is 58.4 Å². The zero-order valence-corrected chi connectivity index (χ0v) is 18.9. The highest BCUT2D eigenvalue weighted by Crippen LogP contribution is 2.22. The molecule has 1 aromatic heterocycles. The Labute approximate surface area is 179 Å². The molecule has 1 saturated heterocycles. The van der Waals surface area contributed by atoms with Crippen LogP contribution in [0, 0.1) is 0 Å². The van der Waals surface area contributed by atoms with Crippen molar-refractivity contribution < 1.29 is 13.2 Å². The Balaban J connectivity index is 1.52. The molecule has 1 N–H and O–H groups in total. The lowest BCUT2D eigenvalue weighted by atomic mass is 9.87. The number of carbonyl (C=O) groups excluding carboxylic acids is 1. The van der Waals surface area contributed by atoms with Gasteiger partial charge in [0.15, 0.2) is 0 Å². The summed E-state index contributed by atoms with van der Waals surface area (Å²) in [6, 6.07) is 10.2. The molecule has 0 aliphatic carbocycles. The highest BCUT2D eigenvalue weighted by Gasteiger charge is 2.25. The van der Waals surface area contributed by atoms with Gasteiger partial charge in [-0.15, -0.1) is 0 Å². The molecule has 3 rings (SSSR count). The number of hydrogen-bond acceptors (Lipinski definition) is 4. The Morgan fingerprint density at radius 2 is 1.77 bits per heavy atom. The number of anilines is 1. The molecule has 0 saturated carbocycles. The predicted molar refractivity (Wildman–Crippen MR) is 119 cm³/mol. The standard InChI is InChI=1S/C22H32N4O3S/c1-22(2,3)19-10-8-18(9-11-19)17-26-20(12-13-23-26)24-21(27)7-6-16-30(28,29)25-14-4-5-15-25/h8-13H,4-7,14-17H2,1-3H3,(H,24,27). The minimum atomic E-state index is -3.24. The van der Waals surface area contributed by atoms with E-state index in [1.807, 2.05) is 0 Å². The van der Waals surface area contributed by atoms with Gasteiger partial charge in [-0.05, 0) is 35.8 Å². The van der Waals surface area contributed by atoms with Crippen LogP contribution >= 0.6 is 0 Å². The first-order valence-corrected chi connectivity index (χ1v) is 12.1. The molecule has 0 spiro atoms. The van der Waals surface area contributed by atoms with Crippen LogP contribution in [0.1, 0.15) is 57.6 Å². The number of sulfonamides is 1. The molecule has 2 heterocycles. The lowest BCUT2D eigenvalue weighted by Crippen LogP contribution is -2.30. The summed E-state index contributed by atoms with van der Waals surface area (Å²) in [4.78, 5) is 12.3. The second-order valence-electron chi connectivity index (χ2n) is 8.89. The molecule has 1 aromatic carbocycles. The predicted octanol–water partition coefficient (Wildman–Crippen LogP) is 3.37. The van der Waals surface area contributed by atoms with E-state index in [4.69, 9.17) is 0 Å². The molecule has 0 bridgehead atoms. The SMILES string of the molecule is CC(C)(C)c1ccc(Cn2nccc2NC(=O)CCCS(=O)(=O)N2CCCC2)cc1. The van der Waals surface area contributed by atoms with Crippen LogP contribution in [0.3, 0.4) is 0 Å². The van der Waals surface area contributed by atoms with Crippen LogP contribution in [0.25, 0.3) is 0 Å². The summed E-state index contributed by atoms with van der Waals surface area (Å²) in [6.07, 6.45) is 3.97. The van der Waals surface area contributed by atoms with Crippen LogP contribution in [0.4, 0.5) is 5.82 Å². The number of nitrogens with one attached hydrogen (secondary N) is 1. The number of benzene rings is 1. The zero-order chi connectivity index (χ0) is 21.8. The third kappa shape index (κ3) is 5.92. The van der Waals surface area contributed by atoms with E-state index in [2.05, 4.69) is 55.5 Å². The Hall–Kier alpha value is -2.19. The monoisotopic (exact) mass is 432 g/mol. The van der Waals surface area contributed by atoms with E-state index in [0.717, 1.165) is 18.4 Å². The molecule has 0 atom stereocenters. The maximum atomic E-state index is 12.3. The molecule has 1 fully saturated rings. The van der Waals surface area contributed by atoms with Crippen molar-refractivity contribution in [3.05, 3.63) is 47.7 Å². The summed E-state index contributed by atoms with van der Waals surface area (Å²) >= 11 is 0. The van der Waals surface area contributed by atoms with E-state index in [1.165, 1.54) is 9.87 Å². The van der Waals surface area contributed by atoms with Gasteiger partial charge < -0.3 is 5.32 Å². The van der Waals surface area contributed by atoms with Crippen LogP contribution in [-0.2, 0) is 26.8 Å². The molecule has 1 aliphatic heterocycles. The molecule has 0 radical (unpaired) electrons. The fourth-order valence-electron chi connectivity index (χ4n) is 3.56. The molecular formula is C22H32N4O3S. The smallest absolute Gasteiger partial charge is 0.225 e. The highest BCUT2D eigenvalue weighted by atomic mass is 32.2. The van der Waals surface area contributed by atoms with Gasteiger partial charge in [-0.2, -0.15) is 5.10 Å². The summed E-state index contributed by atoms with van der Waals surface area (Å²) in [5, 5.41) is 7.16. The van der Waals surface area contributed by atoms with Gasteiger partial charge in [-0.3, -0.25) is 4.79 Å². The fourth-order valence-corrected chi connectivity index (χ4v) is 5.15. The molecule has 2 aromatic rings. The first kappa shape index (κ1) is 22.5. The van der Waals surface area contributed by atoms with Crippen LogP contribution in [0.5, 0.6) is 0 Å². The topological polar surface area (TPSA) is 84.3 Å². The van der Waals surface area contributed by atoms with E-state index in [1.54, 1.807) is 16.9 Å². The number of amides is 1. The van der Waals surface area contributed by atoms with Crippen molar-refractivity contribution in [1.82, 2.24) is 14.1 Å². The van der Waals surface area contributed by atoms with Crippen LogP contribution < -0.4 is 5.32 Å². The third-order valence-electron chi connectivity index (χ3n) is 5.40. The number of nitrogens with zero attached hydrogens (tertiary/aromatic N) is 3. The van der Waals surface area contributed by atoms with Crippen molar-refractivity contribution in [3.8, 4) is 0 Å². The Morgan fingerprint density at radius 1 is 1.10 bits per heavy atom. The van der Waals surface area contributed by atoms with Crippen molar-refractivity contribution in [1.29, 1.82) is 0 Å². The van der Waals surface area contributed by atoms with Gasteiger partial charge in [0.2, 0.25) is 15.9 Å². The van der Waals surface area contributed by atoms with E-state index in [0.29, 0.717) is 31.9 Å². The van der Waals surface area contributed by atoms with E-state index < -0.39 is 10.0 Å². The molecule has 1 amide bonds. The van der Waals surface area contributed by atoms with Gasteiger partial charge in [0, 0.05) is 25.6 Å². The Kier molecular flexibility index (Phi) is 6.98. The average molecular weight is 433 g/mol. The Bertz CT molecular complexity index is 953. The third-order valence-corrected chi connectivity index (χ3v) is 7.36. The zero-order valence-electron chi connectivity index (χ0n) is 18.1. The molecule has 30 heavy (non-hydrogen) atoms. The van der Waals surface area contributed by atoms with Gasteiger partial charge in [0.05, 0.1) is 18.5 Å². The van der Waals surface area contributed by atoms with Gasteiger partial charge in [-0.1, -0.05) is 45.0 Å². The molecule has 164 valence electrons. The Morgan fingerprint density at radius 3 is 2.40 bits per heavy atom. The number of hydrogen-bond donors (Lipinski definition) is 1. The summed E-state index contributed by atoms with van der Waals surface area (Å²) in [7, 11) is -3.24. The quantitative estimate of drug-likeness (QED) is 0.693. The maximum absolute atomic E-state index is 12.3. The molecule has 0 unspecified atom stereocenters. The van der Waals surface area contributed by atoms with Crippen molar-refractivity contribution >= 4 is 21.7 Å². The minimum Gasteiger partial charge on any atom is -0.311 e. The first-order valence-electron chi connectivity index (χ1n) is 10.5. The fraction of sp³-hybridized carbons (Fsp3) is 0.545. The first-order chi connectivity index (χ1) is 14.1. The molecular weight excluding hydrogens is 400 g/mol. The van der Waals surface area contributed by atoms with Crippen LogP contribution in [0.15, 0.2) is 36.5 Å². The second kappa shape index (κ2) is 9.31. The van der Waals surface area contributed by atoms with Gasteiger partial charge >= 0.3 is 0 Å².